The second kappa shape index (κ2) is 9.09. The zero-order chi connectivity index (χ0) is 24.6. The number of ether oxygens (including phenoxy) is 1. The molecular formula is C26H31FN2O4Si. The lowest BCUT2D eigenvalue weighted by Gasteiger charge is -2.43. The molecule has 0 aliphatic carbocycles. The van der Waals surface area contributed by atoms with Crippen molar-refractivity contribution in [2.24, 2.45) is 0 Å². The standard InChI is InChI=1S/C26H31FN2O4Si/c1-25(2,3)34(20-11-7-5-8-12-20,21-13-9-6-10-14-21)32-18-19-17-26(4,27)23(33-19)29-16-15-22(30)28-24(29)31/h5-16,19,23H,17-18H2,1-4H3,(H,28,30,31)/t19-,23+,26+/m0/s1. The molecule has 0 unspecified atom stereocenters. The molecule has 6 nitrogen and oxygen atoms in total. The van der Waals surface area contributed by atoms with Crippen LogP contribution in [-0.2, 0) is 9.16 Å². The number of hydrogen-bond acceptors (Lipinski definition) is 4. The van der Waals surface area contributed by atoms with Crippen molar-refractivity contribution in [1.82, 2.24) is 9.55 Å². The lowest BCUT2D eigenvalue weighted by atomic mass is 10.0. The van der Waals surface area contributed by atoms with Crippen LogP contribution in [0.15, 0.2) is 82.5 Å². The van der Waals surface area contributed by atoms with Crippen LogP contribution in [0.3, 0.4) is 0 Å². The van der Waals surface area contributed by atoms with Crippen molar-refractivity contribution in [1.29, 1.82) is 0 Å². The molecule has 8 heteroatoms. The number of halogens is 1. The molecule has 0 bridgehead atoms. The maximum Gasteiger partial charge on any atom is 0.330 e. The fourth-order valence-corrected chi connectivity index (χ4v) is 9.55. The summed E-state index contributed by atoms with van der Waals surface area (Å²) in [6.07, 6.45) is -0.360. The van der Waals surface area contributed by atoms with Crippen LogP contribution in [0.2, 0.25) is 5.04 Å². The number of aromatic nitrogens is 2. The third-order valence-corrected chi connectivity index (χ3v) is 11.5. The minimum absolute atomic E-state index is 0.0709. The molecule has 1 saturated heterocycles. The maximum atomic E-state index is 15.6. The smallest absolute Gasteiger partial charge is 0.330 e. The Morgan fingerprint density at radius 1 is 1.06 bits per heavy atom. The summed E-state index contributed by atoms with van der Waals surface area (Å²) in [4.78, 5) is 25.9. The Kier molecular flexibility index (Phi) is 6.50. The van der Waals surface area contributed by atoms with Crippen LogP contribution >= 0.6 is 0 Å². The summed E-state index contributed by atoms with van der Waals surface area (Å²) in [7, 11) is -2.80. The van der Waals surface area contributed by atoms with Crippen LogP contribution in [0.4, 0.5) is 4.39 Å². The molecule has 0 radical (unpaired) electrons. The van der Waals surface area contributed by atoms with Crippen molar-refractivity contribution in [3.05, 3.63) is 93.8 Å². The average Bonchev–Trinajstić information content (AvgIpc) is 3.09. The number of nitrogens with one attached hydrogen (secondary N) is 1. The lowest BCUT2D eigenvalue weighted by molar-refractivity contribution is -0.0594. The fourth-order valence-electron chi connectivity index (χ4n) is 4.96. The van der Waals surface area contributed by atoms with E-state index in [-0.39, 0.29) is 18.1 Å². The molecule has 0 spiro atoms. The molecule has 2 heterocycles. The predicted octanol–water partition coefficient (Wildman–Crippen LogP) is 3.13. The highest BCUT2D eigenvalue weighted by Gasteiger charge is 2.52. The summed E-state index contributed by atoms with van der Waals surface area (Å²) in [5.41, 5.74) is -3.04. The second-order valence-corrected chi connectivity index (χ2v) is 14.4. The van der Waals surface area contributed by atoms with Crippen molar-refractivity contribution in [3.8, 4) is 0 Å². The monoisotopic (exact) mass is 482 g/mol. The summed E-state index contributed by atoms with van der Waals surface area (Å²) in [6.45, 7) is 8.13. The topological polar surface area (TPSA) is 73.3 Å². The van der Waals surface area contributed by atoms with Gasteiger partial charge in [-0.15, -0.1) is 0 Å². The van der Waals surface area contributed by atoms with E-state index < -0.39 is 37.6 Å². The van der Waals surface area contributed by atoms with Crippen molar-refractivity contribution in [3.63, 3.8) is 0 Å². The first-order valence-corrected chi connectivity index (χ1v) is 13.4. The first-order valence-electron chi connectivity index (χ1n) is 11.5. The molecular weight excluding hydrogens is 451 g/mol. The number of H-pyrrole nitrogens is 1. The SMILES string of the molecule is CC(C)(C)[Si](OC[C@@H]1C[C@@](C)(F)[C@H](n2ccc(=O)[nH]c2=O)O1)(c1ccccc1)c1ccccc1. The highest BCUT2D eigenvalue weighted by atomic mass is 28.4. The van der Waals surface area contributed by atoms with Crippen molar-refractivity contribution in [2.45, 2.75) is 57.2 Å². The van der Waals surface area contributed by atoms with E-state index >= 15 is 4.39 Å². The van der Waals surface area contributed by atoms with Crippen molar-refractivity contribution < 1.29 is 13.6 Å². The number of aromatic amines is 1. The van der Waals surface area contributed by atoms with Crippen LogP contribution in [0.1, 0.15) is 40.3 Å². The maximum absolute atomic E-state index is 15.6. The zero-order valence-corrected chi connectivity index (χ0v) is 21.0. The molecule has 0 saturated carbocycles. The number of alkyl halides is 1. The number of benzene rings is 2. The molecule has 3 aromatic rings. The van der Waals surface area contributed by atoms with Gasteiger partial charge >= 0.3 is 5.69 Å². The molecule has 34 heavy (non-hydrogen) atoms. The zero-order valence-electron chi connectivity index (χ0n) is 20.0. The molecule has 1 aliphatic heterocycles. The van der Waals surface area contributed by atoms with Gasteiger partial charge in [0.15, 0.2) is 11.9 Å². The number of nitrogens with zero attached hydrogens (tertiary/aromatic N) is 1. The first kappa shape index (κ1) is 24.3. The summed E-state index contributed by atoms with van der Waals surface area (Å²) in [6, 6.07) is 21.6. The quantitative estimate of drug-likeness (QED) is 0.548. The first-order chi connectivity index (χ1) is 16.0. The summed E-state index contributed by atoms with van der Waals surface area (Å²) >= 11 is 0. The normalized spacial score (nSPS) is 23.2. The molecule has 180 valence electrons. The Bertz CT molecular complexity index is 1200. The molecule has 1 aliphatic rings. The van der Waals surface area contributed by atoms with Gasteiger partial charge in [0.2, 0.25) is 0 Å². The predicted molar refractivity (Wildman–Crippen MR) is 133 cm³/mol. The van der Waals surface area contributed by atoms with Crippen molar-refractivity contribution in [2.75, 3.05) is 6.61 Å². The third-order valence-electron chi connectivity index (χ3n) is 6.47. The van der Waals surface area contributed by atoms with Gasteiger partial charge in [0.25, 0.3) is 13.9 Å². The molecule has 0 amide bonds. The van der Waals surface area contributed by atoms with Crippen LogP contribution in [0.25, 0.3) is 0 Å². The summed E-state index contributed by atoms with van der Waals surface area (Å²) in [5.74, 6) is 0. The van der Waals surface area contributed by atoms with Gasteiger partial charge in [0.1, 0.15) is 0 Å². The molecule has 1 N–H and O–H groups in total. The largest absolute Gasteiger partial charge is 0.405 e. The number of rotatable bonds is 6. The van der Waals surface area contributed by atoms with E-state index in [4.69, 9.17) is 9.16 Å². The molecule has 3 atom stereocenters. The van der Waals surface area contributed by atoms with Gasteiger partial charge in [-0.1, -0.05) is 81.4 Å². The Morgan fingerprint density at radius 2 is 1.62 bits per heavy atom. The van der Waals surface area contributed by atoms with Crippen LogP contribution in [0.5, 0.6) is 0 Å². The highest BCUT2D eigenvalue weighted by Crippen LogP contribution is 2.42. The van der Waals surface area contributed by atoms with Crippen molar-refractivity contribution >= 4 is 18.7 Å². The van der Waals surface area contributed by atoms with E-state index in [1.54, 1.807) is 0 Å². The van der Waals surface area contributed by atoms with Gasteiger partial charge in [-0.3, -0.25) is 14.3 Å². The van der Waals surface area contributed by atoms with E-state index in [2.05, 4.69) is 50.0 Å². The second-order valence-electron chi connectivity index (χ2n) is 10.1. The Balaban J connectivity index is 1.68. The van der Waals surface area contributed by atoms with Gasteiger partial charge in [0.05, 0.1) is 12.7 Å². The minimum atomic E-state index is -2.80. The number of hydrogen-bond donors (Lipinski definition) is 1. The van der Waals surface area contributed by atoms with Gasteiger partial charge in [-0.05, 0) is 22.3 Å². The molecule has 2 aromatic carbocycles. The van der Waals surface area contributed by atoms with Crippen LogP contribution in [-0.4, -0.2) is 36.2 Å². The highest BCUT2D eigenvalue weighted by molar-refractivity contribution is 6.99. The van der Waals surface area contributed by atoms with E-state index in [9.17, 15) is 9.59 Å². The minimum Gasteiger partial charge on any atom is -0.405 e. The van der Waals surface area contributed by atoms with E-state index in [0.29, 0.717) is 0 Å². The van der Waals surface area contributed by atoms with E-state index in [0.717, 1.165) is 14.9 Å². The van der Waals surface area contributed by atoms with Gasteiger partial charge < -0.3 is 9.16 Å². The Hall–Kier alpha value is -2.81. The van der Waals surface area contributed by atoms with E-state index in [1.165, 1.54) is 19.2 Å². The average molecular weight is 483 g/mol. The summed E-state index contributed by atoms with van der Waals surface area (Å²) < 4.78 is 29.6. The van der Waals surface area contributed by atoms with E-state index in [1.807, 2.05) is 36.4 Å². The molecule has 1 fully saturated rings. The molecule has 1 aromatic heterocycles. The lowest BCUT2D eigenvalue weighted by Crippen LogP contribution is -2.67. The fraction of sp³-hybridized carbons (Fsp3) is 0.385. The van der Waals surface area contributed by atoms with Crippen LogP contribution < -0.4 is 21.6 Å². The Morgan fingerprint density at radius 3 is 2.12 bits per heavy atom. The van der Waals surface area contributed by atoms with Gasteiger partial charge in [-0.2, -0.15) is 0 Å². The van der Waals surface area contributed by atoms with Gasteiger partial charge in [-0.25, -0.2) is 9.18 Å². The Labute approximate surface area is 199 Å². The molecule has 4 rings (SSSR count). The third kappa shape index (κ3) is 4.45. The van der Waals surface area contributed by atoms with Gasteiger partial charge in [0, 0.05) is 18.7 Å². The van der Waals surface area contributed by atoms with Crippen LogP contribution in [0, 0.1) is 0 Å². The summed E-state index contributed by atoms with van der Waals surface area (Å²) in [5, 5.41) is 2.04.